The molecular weight excluding hydrogens is 286 g/mol. The van der Waals surface area contributed by atoms with Crippen molar-refractivity contribution in [2.24, 2.45) is 7.05 Å². The van der Waals surface area contributed by atoms with Gasteiger partial charge >= 0.3 is 0 Å². The van der Waals surface area contributed by atoms with Gasteiger partial charge in [-0.3, -0.25) is 4.68 Å². The summed E-state index contributed by atoms with van der Waals surface area (Å²) in [6.07, 6.45) is 4.39. The zero-order chi connectivity index (χ0) is 15.1. The topological polar surface area (TPSA) is 64.0 Å². The van der Waals surface area contributed by atoms with Gasteiger partial charge in [0.05, 0.1) is 5.54 Å². The van der Waals surface area contributed by atoms with Gasteiger partial charge in [0.2, 0.25) is 0 Å². The lowest BCUT2D eigenvalue weighted by Crippen LogP contribution is -2.45. The molecule has 21 heavy (non-hydrogen) atoms. The number of hydrogen-bond donors (Lipinski definition) is 1. The van der Waals surface area contributed by atoms with Crippen molar-refractivity contribution < 1.29 is 8.42 Å². The van der Waals surface area contributed by atoms with Crippen LogP contribution in [0.4, 0.5) is 0 Å². The Labute approximate surface area is 125 Å². The summed E-state index contributed by atoms with van der Waals surface area (Å²) in [5.74, 6) is 0. The van der Waals surface area contributed by atoms with Crippen LogP contribution in [-0.2, 0) is 29.0 Å². The Morgan fingerprint density at radius 1 is 1.29 bits per heavy atom. The van der Waals surface area contributed by atoms with Gasteiger partial charge < -0.3 is 0 Å². The van der Waals surface area contributed by atoms with Crippen LogP contribution in [0, 0.1) is 0 Å². The van der Waals surface area contributed by atoms with E-state index in [-0.39, 0.29) is 5.03 Å². The quantitative estimate of drug-likeness (QED) is 0.942. The summed E-state index contributed by atoms with van der Waals surface area (Å²) in [6.45, 7) is 1.95. The van der Waals surface area contributed by atoms with E-state index in [1.807, 2.05) is 25.1 Å². The van der Waals surface area contributed by atoms with E-state index < -0.39 is 15.6 Å². The van der Waals surface area contributed by atoms with Crippen LogP contribution in [-0.4, -0.2) is 18.2 Å². The summed E-state index contributed by atoms with van der Waals surface area (Å²) < 4.78 is 29.4. The standard InChI is InChI=1S/C15H19N3O2S/c1-15(10-5-7-12-6-3-4-8-13(12)15)17-21(19,20)14-9-11-18(2)16-14/h3-4,6,8-9,11,17H,5,7,10H2,1-2H3. The van der Waals surface area contributed by atoms with Crippen LogP contribution in [0.25, 0.3) is 0 Å². The van der Waals surface area contributed by atoms with Gasteiger partial charge in [0.1, 0.15) is 0 Å². The molecule has 1 aliphatic carbocycles. The first-order valence-corrected chi connectivity index (χ1v) is 8.51. The molecule has 0 radical (unpaired) electrons. The minimum absolute atomic E-state index is 0.0641. The molecular formula is C15H19N3O2S. The minimum atomic E-state index is -3.62. The third-order valence-corrected chi connectivity index (χ3v) is 5.55. The lowest BCUT2D eigenvalue weighted by Gasteiger charge is -2.36. The second-order valence-corrected chi connectivity index (χ2v) is 7.41. The first kappa shape index (κ1) is 14.3. The van der Waals surface area contributed by atoms with Crippen LogP contribution in [0.5, 0.6) is 0 Å². The number of aryl methyl sites for hydroxylation is 2. The Bertz CT molecular complexity index is 767. The van der Waals surface area contributed by atoms with E-state index in [1.165, 1.54) is 16.3 Å². The van der Waals surface area contributed by atoms with Gasteiger partial charge in [-0.05, 0) is 43.4 Å². The molecule has 1 unspecified atom stereocenters. The first-order valence-electron chi connectivity index (χ1n) is 7.03. The van der Waals surface area contributed by atoms with Crippen LogP contribution in [0.1, 0.15) is 30.9 Å². The minimum Gasteiger partial charge on any atom is -0.274 e. The maximum absolute atomic E-state index is 12.5. The predicted octanol–water partition coefficient (Wildman–Crippen LogP) is 1.95. The van der Waals surface area contributed by atoms with Gasteiger partial charge in [-0.25, -0.2) is 8.42 Å². The SMILES string of the molecule is Cn1ccc(S(=O)(=O)NC2(C)CCCc3ccccc32)n1. The molecule has 1 aliphatic rings. The number of fused-ring (bicyclic) bond motifs is 1. The smallest absolute Gasteiger partial charge is 0.260 e. The zero-order valence-corrected chi connectivity index (χ0v) is 13.0. The van der Waals surface area contributed by atoms with Gasteiger partial charge in [-0.15, -0.1) is 0 Å². The second-order valence-electron chi connectivity index (χ2n) is 5.78. The molecule has 1 aromatic heterocycles. The van der Waals surface area contributed by atoms with Crippen LogP contribution in [0.2, 0.25) is 0 Å². The molecule has 1 heterocycles. The van der Waals surface area contributed by atoms with Gasteiger partial charge in [-0.1, -0.05) is 24.3 Å². The Hall–Kier alpha value is -1.66. The molecule has 1 N–H and O–H groups in total. The molecule has 0 saturated carbocycles. The zero-order valence-electron chi connectivity index (χ0n) is 12.2. The molecule has 0 amide bonds. The molecule has 1 atom stereocenters. The van der Waals surface area contributed by atoms with Crippen molar-refractivity contribution in [2.75, 3.05) is 0 Å². The molecule has 3 rings (SSSR count). The van der Waals surface area contributed by atoms with Crippen molar-refractivity contribution in [3.05, 3.63) is 47.7 Å². The maximum Gasteiger partial charge on any atom is 0.260 e. The second kappa shape index (κ2) is 4.96. The van der Waals surface area contributed by atoms with Crippen molar-refractivity contribution in [3.63, 3.8) is 0 Å². The van der Waals surface area contributed by atoms with Crippen molar-refractivity contribution >= 4 is 10.0 Å². The van der Waals surface area contributed by atoms with Gasteiger partial charge in [0.15, 0.2) is 5.03 Å². The van der Waals surface area contributed by atoms with Gasteiger partial charge in [-0.2, -0.15) is 9.82 Å². The molecule has 0 bridgehead atoms. The summed E-state index contributed by atoms with van der Waals surface area (Å²) in [6, 6.07) is 9.55. The van der Waals surface area contributed by atoms with Crippen LogP contribution in [0.3, 0.4) is 0 Å². The van der Waals surface area contributed by atoms with E-state index in [2.05, 4.69) is 15.9 Å². The third-order valence-electron chi connectivity index (χ3n) is 4.06. The number of sulfonamides is 1. The third kappa shape index (κ3) is 2.61. The highest BCUT2D eigenvalue weighted by molar-refractivity contribution is 7.89. The Kier molecular flexibility index (Phi) is 3.37. The molecule has 112 valence electrons. The molecule has 6 heteroatoms. The van der Waals surface area contributed by atoms with Crippen molar-refractivity contribution in [2.45, 2.75) is 36.8 Å². The fourth-order valence-corrected chi connectivity index (χ4v) is 4.42. The monoisotopic (exact) mass is 305 g/mol. The summed E-state index contributed by atoms with van der Waals surface area (Å²) in [4.78, 5) is 0. The van der Waals surface area contributed by atoms with Crippen LogP contribution >= 0.6 is 0 Å². The highest BCUT2D eigenvalue weighted by Gasteiger charge is 2.36. The number of nitrogens with zero attached hydrogens (tertiary/aromatic N) is 2. The molecule has 0 spiro atoms. The van der Waals surface area contributed by atoms with E-state index in [1.54, 1.807) is 13.2 Å². The van der Waals surface area contributed by atoms with Crippen molar-refractivity contribution in [3.8, 4) is 0 Å². The Morgan fingerprint density at radius 3 is 2.76 bits per heavy atom. The number of rotatable bonds is 3. The van der Waals surface area contributed by atoms with E-state index in [9.17, 15) is 8.42 Å². The van der Waals surface area contributed by atoms with E-state index in [0.29, 0.717) is 0 Å². The van der Waals surface area contributed by atoms with Crippen LogP contribution < -0.4 is 4.72 Å². The number of benzene rings is 1. The average molecular weight is 305 g/mol. The summed E-state index contributed by atoms with van der Waals surface area (Å²) in [7, 11) is -1.92. The highest BCUT2D eigenvalue weighted by Crippen LogP contribution is 2.35. The Morgan fingerprint density at radius 2 is 2.05 bits per heavy atom. The molecule has 5 nitrogen and oxygen atoms in total. The van der Waals surface area contributed by atoms with Crippen LogP contribution in [0.15, 0.2) is 41.6 Å². The van der Waals surface area contributed by atoms with Crippen molar-refractivity contribution in [1.29, 1.82) is 0 Å². The lowest BCUT2D eigenvalue weighted by molar-refractivity contribution is 0.366. The number of aromatic nitrogens is 2. The Balaban J connectivity index is 1.98. The van der Waals surface area contributed by atoms with E-state index >= 15 is 0 Å². The fourth-order valence-electron chi connectivity index (χ4n) is 3.04. The average Bonchev–Trinajstić information content (AvgIpc) is 2.86. The molecule has 2 aromatic rings. The van der Waals surface area contributed by atoms with Gasteiger partial charge in [0.25, 0.3) is 10.0 Å². The summed E-state index contributed by atoms with van der Waals surface area (Å²) >= 11 is 0. The number of hydrogen-bond acceptors (Lipinski definition) is 3. The predicted molar refractivity (Wildman–Crippen MR) is 80.3 cm³/mol. The maximum atomic E-state index is 12.5. The van der Waals surface area contributed by atoms with E-state index in [4.69, 9.17) is 0 Å². The summed E-state index contributed by atoms with van der Waals surface area (Å²) in [5.41, 5.74) is 1.70. The molecule has 0 saturated heterocycles. The molecule has 0 aliphatic heterocycles. The van der Waals surface area contributed by atoms with E-state index in [0.717, 1.165) is 24.8 Å². The van der Waals surface area contributed by atoms with Gasteiger partial charge in [0, 0.05) is 13.2 Å². The largest absolute Gasteiger partial charge is 0.274 e. The number of nitrogens with one attached hydrogen (secondary N) is 1. The first-order chi connectivity index (χ1) is 9.91. The lowest BCUT2D eigenvalue weighted by atomic mass is 9.79. The molecule has 1 aromatic carbocycles. The highest BCUT2D eigenvalue weighted by atomic mass is 32.2. The summed E-state index contributed by atoms with van der Waals surface area (Å²) in [5, 5.41) is 4.07. The normalized spacial score (nSPS) is 22.0. The molecule has 0 fully saturated rings. The fraction of sp³-hybridized carbons (Fsp3) is 0.400. The van der Waals surface area contributed by atoms with Crippen molar-refractivity contribution in [1.82, 2.24) is 14.5 Å².